The van der Waals surface area contributed by atoms with Crippen LogP contribution >= 0.6 is 11.3 Å². The smallest absolute Gasteiger partial charge is 0.267 e. The van der Waals surface area contributed by atoms with Crippen LogP contribution < -0.4 is 5.56 Å². The van der Waals surface area contributed by atoms with Gasteiger partial charge in [0, 0.05) is 16.3 Å². The summed E-state index contributed by atoms with van der Waals surface area (Å²) in [5.41, 5.74) is 0.931. The Bertz CT molecular complexity index is 1000. The number of hydrogen-bond donors (Lipinski definition) is 0. The number of aromatic nitrogens is 2. The van der Waals surface area contributed by atoms with Crippen molar-refractivity contribution < 1.29 is 4.39 Å². The molecule has 0 amide bonds. The van der Waals surface area contributed by atoms with Gasteiger partial charge in [-0.05, 0) is 18.2 Å². The summed E-state index contributed by atoms with van der Waals surface area (Å²) in [4.78, 5) is 16.9. The fourth-order valence-electron chi connectivity index (χ4n) is 2.23. The average molecular weight is 270 g/mol. The minimum Gasteiger partial charge on any atom is -0.267 e. The van der Waals surface area contributed by atoms with Gasteiger partial charge in [-0.25, -0.2) is 9.37 Å². The van der Waals surface area contributed by atoms with Gasteiger partial charge in [0.2, 0.25) is 0 Å². The highest BCUT2D eigenvalue weighted by molar-refractivity contribution is 7.25. The molecule has 3 aromatic heterocycles. The zero-order valence-electron chi connectivity index (χ0n) is 9.63. The fourth-order valence-corrected chi connectivity index (χ4v) is 3.31. The molecule has 4 rings (SSSR count). The van der Waals surface area contributed by atoms with E-state index in [1.807, 2.05) is 24.3 Å². The van der Waals surface area contributed by atoms with Crippen LogP contribution in [0.3, 0.4) is 0 Å². The van der Waals surface area contributed by atoms with Crippen molar-refractivity contribution in [2.24, 2.45) is 0 Å². The van der Waals surface area contributed by atoms with Gasteiger partial charge >= 0.3 is 0 Å². The molecule has 0 bridgehead atoms. The molecule has 0 N–H and O–H groups in total. The van der Waals surface area contributed by atoms with Gasteiger partial charge in [-0.2, -0.15) is 0 Å². The van der Waals surface area contributed by atoms with Gasteiger partial charge < -0.3 is 0 Å². The lowest BCUT2D eigenvalue weighted by atomic mass is 10.2. The van der Waals surface area contributed by atoms with Crippen molar-refractivity contribution in [3.8, 4) is 0 Å². The summed E-state index contributed by atoms with van der Waals surface area (Å²) in [5.74, 6) is -0.447. The zero-order valence-corrected chi connectivity index (χ0v) is 10.4. The summed E-state index contributed by atoms with van der Waals surface area (Å²) in [5, 5.41) is 0.964. The van der Waals surface area contributed by atoms with E-state index in [0.29, 0.717) is 15.9 Å². The molecule has 0 fully saturated rings. The SMILES string of the molecule is O=c1c2sc3ccccc3c2nc2ccc(F)cn12. The first kappa shape index (κ1) is 10.6. The molecule has 0 aliphatic rings. The summed E-state index contributed by atoms with van der Waals surface area (Å²) < 4.78 is 16.1. The number of nitrogens with zero attached hydrogens (tertiary/aromatic N) is 2. The van der Waals surface area contributed by atoms with Gasteiger partial charge in [-0.1, -0.05) is 18.2 Å². The molecule has 3 heterocycles. The fraction of sp³-hybridized carbons (Fsp3) is 0. The average Bonchev–Trinajstić information content (AvgIpc) is 2.79. The molecule has 0 saturated carbocycles. The van der Waals surface area contributed by atoms with Crippen molar-refractivity contribution in [3.05, 3.63) is 58.8 Å². The first-order valence-electron chi connectivity index (χ1n) is 5.73. The molecule has 0 spiro atoms. The molecule has 0 aliphatic heterocycles. The maximum Gasteiger partial charge on any atom is 0.275 e. The summed E-state index contributed by atoms with van der Waals surface area (Å²) in [6.07, 6.45) is 1.18. The van der Waals surface area contributed by atoms with E-state index in [2.05, 4.69) is 4.98 Å². The molecule has 4 aromatic rings. The molecule has 5 heteroatoms. The van der Waals surface area contributed by atoms with E-state index in [-0.39, 0.29) is 5.56 Å². The second kappa shape index (κ2) is 3.61. The van der Waals surface area contributed by atoms with Gasteiger partial charge in [0.1, 0.15) is 16.2 Å². The van der Waals surface area contributed by atoms with E-state index < -0.39 is 5.82 Å². The highest BCUT2D eigenvalue weighted by atomic mass is 32.1. The van der Waals surface area contributed by atoms with Crippen molar-refractivity contribution >= 4 is 37.3 Å². The first-order valence-corrected chi connectivity index (χ1v) is 6.55. The Balaban J connectivity index is 2.33. The van der Waals surface area contributed by atoms with Gasteiger partial charge in [0.15, 0.2) is 0 Å². The number of pyridine rings is 1. The van der Waals surface area contributed by atoms with Crippen LogP contribution in [-0.2, 0) is 0 Å². The predicted octanol–water partition coefficient (Wildman–Crippen LogP) is 3.20. The van der Waals surface area contributed by atoms with E-state index in [4.69, 9.17) is 0 Å². The lowest BCUT2D eigenvalue weighted by Gasteiger charge is -2.00. The summed E-state index contributed by atoms with van der Waals surface area (Å²) in [6, 6.07) is 10.6. The highest BCUT2D eigenvalue weighted by Gasteiger charge is 2.12. The van der Waals surface area contributed by atoms with E-state index in [9.17, 15) is 9.18 Å². The minimum absolute atomic E-state index is 0.222. The van der Waals surface area contributed by atoms with Crippen molar-refractivity contribution in [1.82, 2.24) is 9.38 Å². The third kappa shape index (κ3) is 1.42. The zero-order chi connectivity index (χ0) is 13.0. The van der Waals surface area contributed by atoms with E-state index in [1.54, 1.807) is 0 Å². The lowest BCUT2D eigenvalue weighted by Crippen LogP contribution is -2.14. The molecule has 0 unspecified atom stereocenters. The lowest BCUT2D eigenvalue weighted by molar-refractivity contribution is 0.618. The molecule has 3 nitrogen and oxygen atoms in total. The summed E-state index contributed by atoms with van der Waals surface area (Å²) >= 11 is 1.39. The molecule has 0 radical (unpaired) electrons. The van der Waals surface area contributed by atoms with Crippen LogP contribution in [0.25, 0.3) is 25.9 Å². The van der Waals surface area contributed by atoms with E-state index in [0.717, 1.165) is 10.1 Å². The standard InChI is InChI=1S/C14H7FN2OS/c15-8-5-6-11-16-12-9-3-1-2-4-10(9)19-13(12)14(18)17(11)7-8/h1-7H. The third-order valence-corrected chi connectivity index (χ3v) is 4.25. The van der Waals surface area contributed by atoms with Crippen LogP contribution in [-0.4, -0.2) is 9.38 Å². The molecular formula is C14H7FN2OS. The third-order valence-electron chi connectivity index (χ3n) is 3.10. The second-order valence-electron chi connectivity index (χ2n) is 4.27. The van der Waals surface area contributed by atoms with Crippen LogP contribution in [0.4, 0.5) is 4.39 Å². The van der Waals surface area contributed by atoms with E-state index >= 15 is 0 Å². The van der Waals surface area contributed by atoms with Crippen LogP contribution in [0.2, 0.25) is 0 Å². The number of thiophene rings is 1. The topological polar surface area (TPSA) is 34.4 Å². The first-order chi connectivity index (χ1) is 9.24. The Kier molecular flexibility index (Phi) is 2.02. The van der Waals surface area contributed by atoms with Gasteiger partial charge in [-0.15, -0.1) is 11.3 Å². The number of benzene rings is 1. The Morgan fingerprint density at radius 3 is 2.89 bits per heavy atom. The quantitative estimate of drug-likeness (QED) is 0.492. The molecule has 19 heavy (non-hydrogen) atoms. The Labute approximate surface area is 110 Å². The largest absolute Gasteiger partial charge is 0.275 e. The minimum atomic E-state index is -0.447. The predicted molar refractivity (Wildman–Crippen MR) is 74.3 cm³/mol. The molecular weight excluding hydrogens is 263 g/mol. The highest BCUT2D eigenvalue weighted by Crippen LogP contribution is 2.30. The second-order valence-corrected chi connectivity index (χ2v) is 5.32. The Morgan fingerprint density at radius 1 is 1.16 bits per heavy atom. The number of rotatable bonds is 0. The summed E-state index contributed by atoms with van der Waals surface area (Å²) in [6.45, 7) is 0. The number of halogens is 1. The van der Waals surface area contributed by atoms with Gasteiger partial charge in [0.25, 0.3) is 5.56 Å². The van der Waals surface area contributed by atoms with Crippen molar-refractivity contribution in [3.63, 3.8) is 0 Å². The van der Waals surface area contributed by atoms with Gasteiger partial charge in [-0.3, -0.25) is 9.20 Å². The Hall–Kier alpha value is -2.27. The maximum atomic E-state index is 13.2. The van der Waals surface area contributed by atoms with Gasteiger partial charge in [0.05, 0.1) is 5.52 Å². The summed E-state index contributed by atoms with van der Waals surface area (Å²) in [7, 11) is 0. The van der Waals surface area contributed by atoms with Crippen LogP contribution in [0.1, 0.15) is 0 Å². The van der Waals surface area contributed by atoms with Crippen LogP contribution in [0.15, 0.2) is 47.4 Å². The maximum absolute atomic E-state index is 13.2. The normalized spacial score (nSPS) is 11.6. The van der Waals surface area contributed by atoms with Crippen molar-refractivity contribution in [2.75, 3.05) is 0 Å². The van der Waals surface area contributed by atoms with E-state index in [1.165, 1.54) is 34.1 Å². The van der Waals surface area contributed by atoms with Crippen LogP contribution in [0, 0.1) is 5.82 Å². The Morgan fingerprint density at radius 2 is 2.00 bits per heavy atom. The van der Waals surface area contributed by atoms with Crippen molar-refractivity contribution in [1.29, 1.82) is 0 Å². The number of hydrogen-bond acceptors (Lipinski definition) is 3. The molecule has 0 atom stereocenters. The molecule has 0 saturated heterocycles. The monoisotopic (exact) mass is 270 g/mol. The number of fused-ring (bicyclic) bond motifs is 4. The molecule has 0 aliphatic carbocycles. The molecule has 92 valence electrons. The van der Waals surface area contributed by atoms with Crippen LogP contribution in [0.5, 0.6) is 0 Å². The molecule has 1 aromatic carbocycles. The van der Waals surface area contributed by atoms with Crippen molar-refractivity contribution in [2.45, 2.75) is 0 Å².